The second kappa shape index (κ2) is 9.96. The highest BCUT2D eigenvalue weighted by atomic mass is 19.1. The fourth-order valence-electron chi connectivity index (χ4n) is 2.79. The minimum atomic E-state index is -0.437. The highest BCUT2D eigenvalue weighted by Gasteiger charge is 2.18. The van der Waals surface area contributed by atoms with Gasteiger partial charge in [-0.05, 0) is 49.9 Å². The van der Waals surface area contributed by atoms with Gasteiger partial charge in [-0.1, -0.05) is 0 Å². The van der Waals surface area contributed by atoms with E-state index in [2.05, 4.69) is 15.6 Å². The van der Waals surface area contributed by atoms with Gasteiger partial charge in [0.15, 0.2) is 5.96 Å². The second-order valence-corrected chi connectivity index (χ2v) is 6.01. The molecule has 1 aromatic rings. The van der Waals surface area contributed by atoms with Crippen molar-refractivity contribution in [1.82, 2.24) is 15.5 Å². The molecule has 1 aromatic carbocycles. The Morgan fingerprint density at radius 2 is 2.16 bits per heavy atom. The number of guanidine groups is 1. The third-order valence-electron chi connectivity index (χ3n) is 4.07. The number of nitrogens with one attached hydrogen (secondary N) is 2. The van der Waals surface area contributed by atoms with Crippen LogP contribution < -0.4 is 10.6 Å². The first kappa shape index (κ1) is 19.1. The summed E-state index contributed by atoms with van der Waals surface area (Å²) in [4.78, 5) is 17.9. The summed E-state index contributed by atoms with van der Waals surface area (Å²) in [5.74, 6) is 0.0343. The maximum atomic E-state index is 13.6. The molecule has 2 N–H and O–H groups in total. The van der Waals surface area contributed by atoms with Crippen molar-refractivity contribution in [2.75, 3.05) is 32.7 Å². The van der Waals surface area contributed by atoms with Crippen molar-refractivity contribution >= 4 is 11.9 Å². The van der Waals surface area contributed by atoms with Crippen LogP contribution in [-0.2, 0) is 11.2 Å². The molecule has 0 aliphatic carbocycles. The summed E-state index contributed by atoms with van der Waals surface area (Å²) in [6.07, 6.45) is 2.78. The third kappa shape index (κ3) is 6.32. The number of carbonyl (C=O) groups excluding carboxylic acids is 1. The van der Waals surface area contributed by atoms with Crippen molar-refractivity contribution in [1.29, 1.82) is 0 Å². The minimum Gasteiger partial charge on any atom is -0.357 e. The molecule has 0 radical (unpaired) electrons. The van der Waals surface area contributed by atoms with Gasteiger partial charge in [-0.3, -0.25) is 9.79 Å². The quantitative estimate of drug-likeness (QED) is 0.428. The number of benzene rings is 1. The van der Waals surface area contributed by atoms with Crippen molar-refractivity contribution in [3.8, 4) is 0 Å². The Bertz CT molecular complexity index is 607. The lowest BCUT2D eigenvalue weighted by atomic mass is 10.1. The van der Waals surface area contributed by atoms with Gasteiger partial charge in [0, 0.05) is 39.1 Å². The molecular weight excluding hydrogens is 326 g/mol. The Hall–Kier alpha value is -2.18. The van der Waals surface area contributed by atoms with Gasteiger partial charge in [-0.25, -0.2) is 8.78 Å². The van der Waals surface area contributed by atoms with Gasteiger partial charge in [0.25, 0.3) is 0 Å². The number of nitrogens with zero attached hydrogens (tertiary/aromatic N) is 2. The van der Waals surface area contributed by atoms with E-state index in [-0.39, 0.29) is 5.91 Å². The van der Waals surface area contributed by atoms with Crippen LogP contribution in [-0.4, -0.2) is 49.5 Å². The molecule has 0 unspecified atom stereocenters. The van der Waals surface area contributed by atoms with Crippen LogP contribution in [0.3, 0.4) is 0 Å². The summed E-state index contributed by atoms with van der Waals surface area (Å²) in [5.41, 5.74) is 0.343. The first-order valence-corrected chi connectivity index (χ1v) is 8.84. The van der Waals surface area contributed by atoms with E-state index in [9.17, 15) is 13.6 Å². The van der Waals surface area contributed by atoms with Crippen LogP contribution in [0.1, 0.15) is 31.7 Å². The first-order valence-electron chi connectivity index (χ1n) is 8.84. The van der Waals surface area contributed by atoms with E-state index in [1.165, 1.54) is 6.07 Å². The van der Waals surface area contributed by atoms with Crippen molar-refractivity contribution in [3.05, 3.63) is 35.4 Å². The van der Waals surface area contributed by atoms with E-state index < -0.39 is 11.6 Å². The van der Waals surface area contributed by atoms with Gasteiger partial charge < -0.3 is 15.5 Å². The Morgan fingerprint density at radius 3 is 2.88 bits per heavy atom. The molecule has 25 heavy (non-hydrogen) atoms. The van der Waals surface area contributed by atoms with Crippen LogP contribution in [0, 0.1) is 11.6 Å². The second-order valence-electron chi connectivity index (χ2n) is 6.01. The zero-order valence-corrected chi connectivity index (χ0v) is 14.7. The highest BCUT2D eigenvalue weighted by molar-refractivity contribution is 5.79. The number of aliphatic imine (C=N–C) groups is 1. The molecule has 2 rings (SSSR count). The van der Waals surface area contributed by atoms with E-state index in [4.69, 9.17) is 0 Å². The fraction of sp³-hybridized carbons (Fsp3) is 0.556. The Labute approximate surface area is 147 Å². The predicted octanol–water partition coefficient (Wildman–Crippen LogP) is 2.07. The zero-order chi connectivity index (χ0) is 18.1. The van der Waals surface area contributed by atoms with E-state index in [0.717, 1.165) is 38.1 Å². The standard InChI is InChI=1S/C18H26F2N4O/c1-2-21-18(22-9-4-12-24-11-3-5-17(24)25)23-10-8-14-13-15(19)6-7-16(14)20/h6-7,13H,2-5,8-12H2,1H3,(H2,21,22,23). The molecule has 138 valence electrons. The molecule has 1 saturated heterocycles. The lowest BCUT2D eigenvalue weighted by molar-refractivity contribution is -0.127. The number of carbonyl (C=O) groups is 1. The monoisotopic (exact) mass is 352 g/mol. The van der Waals surface area contributed by atoms with Crippen LogP contribution in [0.25, 0.3) is 0 Å². The van der Waals surface area contributed by atoms with E-state index >= 15 is 0 Å². The molecule has 1 fully saturated rings. The van der Waals surface area contributed by atoms with E-state index in [1.54, 1.807) is 0 Å². The summed E-state index contributed by atoms with van der Waals surface area (Å²) < 4.78 is 26.8. The topological polar surface area (TPSA) is 56.7 Å². The van der Waals surface area contributed by atoms with Gasteiger partial charge in [0.2, 0.25) is 5.91 Å². The molecule has 1 heterocycles. The zero-order valence-electron chi connectivity index (χ0n) is 14.7. The smallest absolute Gasteiger partial charge is 0.222 e. The SMILES string of the molecule is CCNC(=NCCCN1CCCC1=O)NCCc1cc(F)ccc1F. The number of amides is 1. The van der Waals surface area contributed by atoms with E-state index in [1.807, 2.05) is 11.8 Å². The highest BCUT2D eigenvalue weighted by Crippen LogP contribution is 2.10. The van der Waals surface area contributed by atoms with Crippen molar-refractivity contribution < 1.29 is 13.6 Å². The van der Waals surface area contributed by atoms with Crippen molar-refractivity contribution in [2.45, 2.75) is 32.6 Å². The van der Waals surface area contributed by atoms with Crippen molar-refractivity contribution in [3.63, 3.8) is 0 Å². The van der Waals surface area contributed by atoms with Gasteiger partial charge >= 0.3 is 0 Å². The lowest BCUT2D eigenvalue weighted by Crippen LogP contribution is -2.38. The summed E-state index contributed by atoms with van der Waals surface area (Å²) in [6.45, 7) is 5.32. The molecule has 0 spiro atoms. The fourth-order valence-corrected chi connectivity index (χ4v) is 2.79. The summed E-state index contributed by atoms with van der Waals surface area (Å²) in [6, 6.07) is 3.47. The molecule has 0 aromatic heterocycles. The summed E-state index contributed by atoms with van der Waals surface area (Å²) >= 11 is 0. The third-order valence-corrected chi connectivity index (χ3v) is 4.07. The molecule has 0 bridgehead atoms. The maximum absolute atomic E-state index is 13.6. The molecule has 1 amide bonds. The normalized spacial score (nSPS) is 14.9. The van der Waals surface area contributed by atoms with Gasteiger partial charge in [0.05, 0.1) is 0 Å². The van der Waals surface area contributed by atoms with Crippen LogP contribution in [0.15, 0.2) is 23.2 Å². The lowest BCUT2D eigenvalue weighted by Gasteiger charge is -2.15. The first-order chi connectivity index (χ1) is 12.1. The average molecular weight is 352 g/mol. The Kier molecular flexibility index (Phi) is 7.63. The maximum Gasteiger partial charge on any atom is 0.222 e. The number of hydrogen-bond acceptors (Lipinski definition) is 2. The van der Waals surface area contributed by atoms with Crippen LogP contribution in [0.4, 0.5) is 8.78 Å². The van der Waals surface area contributed by atoms with Gasteiger partial charge in [-0.2, -0.15) is 0 Å². The molecule has 7 heteroatoms. The molecule has 0 atom stereocenters. The number of likely N-dealkylation sites (tertiary alicyclic amines) is 1. The number of rotatable bonds is 8. The molecule has 5 nitrogen and oxygen atoms in total. The number of halogens is 2. The number of hydrogen-bond donors (Lipinski definition) is 2. The molecule has 1 aliphatic heterocycles. The molecule has 1 aliphatic rings. The molecular formula is C18H26F2N4O. The van der Waals surface area contributed by atoms with Crippen LogP contribution in [0.5, 0.6) is 0 Å². The minimum absolute atomic E-state index is 0.228. The Balaban J connectivity index is 1.75. The van der Waals surface area contributed by atoms with Crippen LogP contribution in [0.2, 0.25) is 0 Å². The van der Waals surface area contributed by atoms with Crippen LogP contribution >= 0.6 is 0 Å². The predicted molar refractivity (Wildman–Crippen MR) is 94.5 cm³/mol. The average Bonchev–Trinajstić information content (AvgIpc) is 2.99. The Morgan fingerprint density at radius 1 is 1.32 bits per heavy atom. The molecule has 0 saturated carbocycles. The summed E-state index contributed by atoms with van der Waals surface area (Å²) in [7, 11) is 0. The largest absolute Gasteiger partial charge is 0.357 e. The van der Waals surface area contributed by atoms with E-state index in [0.29, 0.717) is 44.0 Å². The van der Waals surface area contributed by atoms with Gasteiger partial charge in [0.1, 0.15) is 11.6 Å². The summed E-state index contributed by atoms with van der Waals surface area (Å²) in [5, 5.41) is 6.24. The van der Waals surface area contributed by atoms with Crippen molar-refractivity contribution in [2.24, 2.45) is 4.99 Å². The van der Waals surface area contributed by atoms with Gasteiger partial charge in [-0.15, -0.1) is 0 Å².